The van der Waals surface area contributed by atoms with E-state index in [-0.39, 0.29) is 0 Å². The number of morpholine rings is 1. The summed E-state index contributed by atoms with van der Waals surface area (Å²) in [6.07, 6.45) is -6.57. The first-order valence-electron chi connectivity index (χ1n) is 9.57. The van der Waals surface area contributed by atoms with Crippen LogP contribution in [0.25, 0.3) is 11.1 Å². The zero-order valence-electron chi connectivity index (χ0n) is 16.5. The topological polar surface area (TPSA) is 52.9 Å². The first-order chi connectivity index (χ1) is 13.6. The predicted molar refractivity (Wildman–Crippen MR) is 104 cm³/mol. The normalized spacial score (nSPS) is 18.4. The molecule has 0 radical (unpaired) electrons. The minimum absolute atomic E-state index is 0.492. The van der Waals surface area contributed by atoms with Crippen LogP contribution >= 0.6 is 0 Å². The molecule has 1 aliphatic heterocycles. The largest absolute Gasteiger partial charge is 0.416 e. The summed E-state index contributed by atoms with van der Waals surface area (Å²) in [7, 11) is 0. The average molecular weight is 409 g/mol. The van der Waals surface area contributed by atoms with Crippen molar-refractivity contribution in [1.29, 1.82) is 0 Å². The van der Waals surface area contributed by atoms with Crippen LogP contribution in [0.3, 0.4) is 0 Å². The van der Waals surface area contributed by atoms with Crippen LogP contribution in [0.2, 0.25) is 0 Å². The molecule has 7 heteroatoms. The third-order valence-corrected chi connectivity index (χ3v) is 5.59. The van der Waals surface area contributed by atoms with Gasteiger partial charge in [0.15, 0.2) is 0 Å². The first kappa shape index (κ1) is 21.8. The summed E-state index contributed by atoms with van der Waals surface area (Å²) in [5.74, 6) is 0. The summed E-state index contributed by atoms with van der Waals surface area (Å²) in [6.45, 7) is 5.68. The number of ether oxygens (including phenoxy) is 1. The molecule has 3 rings (SSSR count). The standard InChI is InChI=1S/C22H26F3NO3/c1-21(2,19(27)20(28)26-11-13-29-14-12-26)18-6-4-3-5-17(18)15-7-9-16(10-8-15)22(23,24)25/h3-10,19-20,27-28H,11-14H2,1-2H3. The second-order valence-electron chi connectivity index (χ2n) is 7.85. The van der Waals surface area contributed by atoms with E-state index in [4.69, 9.17) is 4.74 Å². The Balaban J connectivity index is 1.92. The Bertz CT molecular complexity index is 815. The van der Waals surface area contributed by atoms with Gasteiger partial charge in [-0.1, -0.05) is 50.2 Å². The number of aliphatic hydroxyl groups is 2. The van der Waals surface area contributed by atoms with Crippen LogP contribution < -0.4 is 0 Å². The molecule has 0 bridgehead atoms. The van der Waals surface area contributed by atoms with Gasteiger partial charge in [-0.25, -0.2) is 0 Å². The van der Waals surface area contributed by atoms with Gasteiger partial charge < -0.3 is 14.9 Å². The molecule has 1 heterocycles. The van der Waals surface area contributed by atoms with Crippen molar-refractivity contribution in [3.05, 3.63) is 59.7 Å². The number of nitrogens with zero attached hydrogens (tertiary/aromatic N) is 1. The SMILES string of the molecule is CC(C)(c1ccccc1-c1ccc(C(F)(F)F)cc1)C(O)C(O)N1CCOCC1. The van der Waals surface area contributed by atoms with Crippen molar-refractivity contribution in [2.24, 2.45) is 0 Å². The number of halogens is 3. The predicted octanol–water partition coefficient (Wildman–Crippen LogP) is 3.66. The summed E-state index contributed by atoms with van der Waals surface area (Å²) >= 11 is 0. The highest BCUT2D eigenvalue weighted by molar-refractivity contribution is 5.69. The van der Waals surface area contributed by atoms with E-state index in [1.807, 2.05) is 32.0 Å². The minimum atomic E-state index is -4.39. The van der Waals surface area contributed by atoms with Crippen molar-refractivity contribution in [3.8, 4) is 11.1 Å². The van der Waals surface area contributed by atoms with Crippen LogP contribution in [0.4, 0.5) is 13.2 Å². The number of alkyl halides is 3. The number of rotatable bonds is 5. The van der Waals surface area contributed by atoms with E-state index >= 15 is 0 Å². The monoisotopic (exact) mass is 409 g/mol. The van der Waals surface area contributed by atoms with E-state index in [1.54, 1.807) is 11.0 Å². The van der Waals surface area contributed by atoms with Crippen LogP contribution in [0, 0.1) is 0 Å². The lowest BCUT2D eigenvalue weighted by Crippen LogP contribution is -2.54. The van der Waals surface area contributed by atoms with E-state index in [2.05, 4.69) is 0 Å². The highest BCUT2D eigenvalue weighted by atomic mass is 19.4. The van der Waals surface area contributed by atoms with Gasteiger partial charge in [0.25, 0.3) is 0 Å². The Morgan fingerprint density at radius 3 is 2.10 bits per heavy atom. The molecular formula is C22H26F3NO3. The summed E-state index contributed by atoms with van der Waals surface area (Å²) < 4.78 is 44.0. The zero-order chi connectivity index (χ0) is 21.2. The molecule has 1 saturated heterocycles. The molecule has 158 valence electrons. The average Bonchev–Trinajstić information content (AvgIpc) is 2.72. The molecule has 0 saturated carbocycles. The molecular weight excluding hydrogens is 383 g/mol. The molecule has 0 aromatic heterocycles. The van der Waals surface area contributed by atoms with Gasteiger partial charge in [0.2, 0.25) is 0 Å². The molecule has 1 fully saturated rings. The number of aliphatic hydroxyl groups excluding tert-OH is 2. The lowest BCUT2D eigenvalue weighted by Gasteiger charge is -2.41. The summed E-state index contributed by atoms with van der Waals surface area (Å²) in [5, 5.41) is 21.7. The van der Waals surface area contributed by atoms with Gasteiger partial charge in [-0.3, -0.25) is 4.90 Å². The molecule has 2 unspecified atom stereocenters. The van der Waals surface area contributed by atoms with Gasteiger partial charge in [-0.05, 0) is 28.8 Å². The zero-order valence-corrected chi connectivity index (χ0v) is 16.5. The molecule has 4 nitrogen and oxygen atoms in total. The van der Waals surface area contributed by atoms with Gasteiger partial charge >= 0.3 is 6.18 Å². The van der Waals surface area contributed by atoms with Crippen LogP contribution in [0.15, 0.2) is 48.5 Å². The van der Waals surface area contributed by atoms with E-state index in [1.165, 1.54) is 12.1 Å². The second kappa shape index (κ2) is 8.44. The van der Waals surface area contributed by atoms with Crippen molar-refractivity contribution in [2.75, 3.05) is 26.3 Å². The van der Waals surface area contributed by atoms with Gasteiger partial charge in [0.1, 0.15) is 12.3 Å². The molecule has 2 aromatic rings. The molecule has 2 atom stereocenters. The molecule has 2 N–H and O–H groups in total. The van der Waals surface area contributed by atoms with Crippen molar-refractivity contribution < 1.29 is 28.1 Å². The Hall–Kier alpha value is -1.93. The highest BCUT2D eigenvalue weighted by Crippen LogP contribution is 2.38. The maximum atomic E-state index is 12.9. The van der Waals surface area contributed by atoms with E-state index in [0.717, 1.165) is 23.3 Å². The fourth-order valence-electron chi connectivity index (χ4n) is 3.71. The maximum absolute atomic E-state index is 12.9. The van der Waals surface area contributed by atoms with Crippen molar-refractivity contribution >= 4 is 0 Å². The van der Waals surface area contributed by atoms with Gasteiger partial charge in [0, 0.05) is 18.5 Å². The first-order valence-corrected chi connectivity index (χ1v) is 9.57. The van der Waals surface area contributed by atoms with E-state index < -0.39 is 29.5 Å². The van der Waals surface area contributed by atoms with Crippen LogP contribution in [0.1, 0.15) is 25.0 Å². The molecule has 1 aliphatic rings. The number of benzene rings is 2. The van der Waals surface area contributed by atoms with Crippen molar-refractivity contribution in [2.45, 2.75) is 37.8 Å². The Morgan fingerprint density at radius 2 is 1.52 bits per heavy atom. The van der Waals surface area contributed by atoms with E-state index in [9.17, 15) is 23.4 Å². The smallest absolute Gasteiger partial charge is 0.388 e. The van der Waals surface area contributed by atoms with Crippen molar-refractivity contribution in [3.63, 3.8) is 0 Å². The van der Waals surface area contributed by atoms with Crippen LogP contribution in [-0.4, -0.2) is 53.7 Å². The quantitative estimate of drug-likeness (QED) is 0.792. The molecule has 0 aliphatic carbocycles. The number of hydrogen-bond donors (Lipinski definition) is 2. The highest BCUT2D eigenvalue weighted by Gasteiger charge is 2.39. The summed E-state index contributed by atoms with van der Waals surface area (Å²) in [4.78, 5) is 1.77. The molecule has 0 spiro atoms. The van der Waals surface area contributed by atoms with Crippen LogP contribution in [-0.2, 0) is 16.3 Å². The third kappa shape index (κ3) is 4.64. The summed E-state index contributed by atoms with van der Waals surface area (Å²) in [5.41, 5.74) is 0.534. The minimum Gasteiger partial charge on any atom is -0.388 e. The lowest BCUT2D eigenvalue weighted by atomic mass is 9.75. The molecule has 0 amide bonds. The van der Waals surface area contributed by atoms with E-state index in [0.29, 0.717) is 31.9 Å². The fourth-order valence-corrected chi connectivity index (χ4v) is 3.71. The van der Waals surface area contributed by atoms with Gasteiger partial charge in [0.05, 0.1) is 18.8 Å². The Kier molecular flexibility index (Phi) is 6.33. The van der Waals surface area contributed by atoms with Crippen LogP contribution in [0.5, 0.6) is 0 Å². The number of hydrogen-bond acceptors (Lipinski definition) is 4. The lowest BCUT2D eigenvalue weighted by molar-refractivity contribution is -0.137. The molecule has 29 heavy (non-hydrogen) atoms. The van der Waals surface area contributed by atoms with Gasteiger partial charge in [-0.15, -0.1) is 0 Å². The molecule has 2 aromatic carbocycles. The third-order valence-electron chi connectivity index (χ3n) is 5.59. The second-order valence-corrected chi connectivity index (χ2v) is 7.85. The Labute approximate surface area is 168 Å². The fraction of sp³-hybridized carbons (Fsp3) is 0.455. The van der Waals surface area contributed by atoms with Crippen molar-refractivity contribution in [1.82, 2.24) is 4.90 Å². The maximum Gasteiger partial charge on any atom is 0.416 e. The Morgan fingerprint density at radius 1 is 0.931 bits per heavy atom. The summed E-state index contributed by atoms with van der Waals surface area (Å²) in [6, 6.07) is 12.2. The van der Waals surface area contributed by atoms with Gasteiger partial charge in [-0.2, -0.15) is 13.2 Å².